The molecule has 1 aromatic carbocycles. The van der Waals surface area contributed by atoms with Gasteiger partial charge in [-0.3, -0.25) is 4.99 Å². The topological polar surface area (TPSA) is 95.8 Å². The first kappa shape index (κ1) is 22.0. The van der Waals surface area contributed by atoms with Crippen LogP contribution in [0.15, 0.2) is 29.3 Å². The summed E-state index contributed by atoms with van der Waals surface area (Å²) in [5.41, 5.74) is 0.273. The van der Waals surface area contributed by atoms with Crippen molar-refractivity contribution < 1.29 is 90.3 Å². The zero-order valence-electron chi connectivity index (χ0n) is 10.4. The third-order valence-corrected chi connectivity index (χ3v) is 1.99. The second kappa shape index (κ2) is 12.5. The van der Waals surface area contributed by atoms with Crippen molar-refractivity contribution in [1.29, 1.82) is 0 Å². The van der Waals surface area contributed by atoms with E-state index in [1.54, 1.807) is 30.9 Å². The maximum absolute atomic E-state index is 11.3. The van der Waals surface area contributed by atoms with Gasteiger partial charge < -0.3 is 20.1 Å². The second-order valence-electron chi connectivity index (χ2n) is 3.32. The average molecular weight is 491 g/mol. The molecule has 2 atom stereocenters. The molecule has 0 saturated carbocycles. The van der Waals surface area contributed by atoms with Crippen LogP contribution in [-0.2, 0) is 23.6 Å². The first-order chi connectivity index (χ1) is 8.52. The van der Waals surface area contributed by atoms with Crippen molar-refractivity contribution in [1.82, 2.24) is 0 Å². The van der Waals surface area contributed by atoms with Crippen LogP contribution < -0.4 is 61.6 Å². The predicted octanol–water partition coefficient (Wildman–Crippen LogP) is -3.63. The summed E-state index contributed by atoms with van der Waals surface area (Å²) in [5, 5.41) is 31.0. The Hall–Kier alpha value is 0.735. The Kier molecular flexibility index (Phi) is 14.5. The second-order valence-corrected chi connectivity index (χ2v) is 3.32. The molecule has 0 fully saturated rings. The van der Waals surface area contributed by atoms with E-state index in [-0.39, 0.29) is 62.7 Å². The van der Waals surface area contributed by atoms with Crippen LogP contribution in [-0.4, -0.2) is 29.4 Å². The molecule has 0 saturated heterocycles. The maximum Gasteiger partial charge on any atom is 1.00 e. The third-order valence-electron chi connectivity index (χ3n) is 1.99. The molecule has 0 unspecified atom stereocenters. The molecule has 1 N–H and O–H groups in total. The number of hydrogen-bond donors (Lipinski definition) is 1. The number of para-hydroxylation sites is 1. The fourth-order valence-corrected chi connectivity index (χ4v) is 1.13. The van der Waals surface area contributed by atoms with E-state index in [1.807, 2.05) is 0 Å². The summed E-state index contributed by atoms with van der Waals surface area (Å²) in [5.74, 6) is -1.73. The zero-order valence-corrected chi connectivity index (χ0v) is 16.5. The predicted molar refractivity (Wildman–Crippen MR) is 59.8 cm³/mol. The first-order valence-corrected chi connectivity index (χ1v) is 7.64. The van der Waals surface area contributed by atoms with E-state index in [0.29, 0.717) is 0 Å². The van der Waals surface area contributed by atoms with Crippen molar-refractivity contribution in [3.05, 3.63) is 29.8 Å². The fraction of sp³-hybridized carbons (Fsp3) is 0.273. The van der Waals surface area contributed by atoms with E-state index in [9.17, 15) is 15.0 Å². The molecule has 0 aliphatic heterocycles. The number of carbonyl (C=O) groups is 1. The molecule has 0 aliphatic carbocycles. The molecule has 0 heterocycles. The fourth-order valence-electron chi connectivity index (χ4n) is 1.13. The van der Waals surface area contributed by atoms with Crippen LogP contribution in [0.5, 0.6) is 5.75 Å². The molecule has 0 spiro atoms. The Morgan fingerprint density at radius 3 is 2.42 bits per heavy atom. The van der Waals surface area contributed by atoms with Gasteiger partial charge in [0.15, 0.2) is 0 Å². The van der Waals surface area contributed by atoms with Gasteiger partial charge >= 0.3 is 79.6 Å². The minimum Gasteiger partial charge on any atom is 1.00 e. The van der Waals surface area contributed by atoms with Gasteiger partial charge in [-0.2, -0.15) is 0 Å². The van der Waals surface area contributed by atoms with Crippen LogP contribution in [0.25, 0.3) is 0 Å². The number of benzene rings is 1. The van der Waals surface area contributed by atoms with Crippen LogP contribution in [0.2, 0.25) is 0 Å². The van der Waals surface area contributed by atoms with E-state index in [1.165, 1.54) is 19.1 Å². The van der Waals surface area contributed by atoms with Crippen LogP contribution in [0.3, 0.4) is 0 Å². The van der Waals surface area contributed by atoms with Crippen molar-refractivity contribution in [3.63, 3.8) is 0 Å². The molecule has 0 bridgehead atoms. The number of aliphatic imine (C=N–C) groups is 1. The molecule has 0 aliphatic rings. The molecule has 1 rings (SSSR count). The minimum atomic E-state index is -1.48. The Balaban J connectivity index is 0. The number of carbonyl (C=O) groups excluding carboxylic acids is 1. The zero-order chi connectivity index (χ0) is 14.1. The monoisotopic (exact) mass is 490 g/mol. The van der Waals surface area contributed by atoms with Gasteiger partial charge in [0, 0.05) is 6.21 Å². The first-order valence-electron chi connectivity index (χ1n) is 4.82. The molecule has 0 radical (unpaired) electrons. The number of aliphatic hydroxyl groups excluding tert-OH is 1. The number of hydrogen-bond acceptors (Lipinski definition) is 5. The van der Waals surface area contributed by atoms with Crippen LogP contribution in [0.1, 0.15) is 12.5 Å². The van der Waals surface area contributed by atoms with Crippen molar-refractivity contribution in [2.75, 3.05) is 0 Å². The van der Waals surface area contributed by atoms with Gasteiger partial charge in [-0.05, 0) is 12.5 Å². The summed E-state index contributed by atoms with van der Waals surface area (Å²) >= 11 is 1.61. The van der Waals surface area contributed by atoms with Crippen LogP contribution >= 0.6 is 9.42 Å². The number of nitrogens with zero attached hydrogens (tertiary/aromatic N) is 1. The summed E-state index contributed by atoms with van der Waals surface area (Å²) in [6, 6.07) is 4.71. The van der Waals surface area contributed by atoms with Crippen molar-refractivity contribution in [3.8, 4) is 5.75 Å². The van der Waals surface area contributed by atoms with E-state index < -0.39 is 18.1 Å². The molecule has 8 heteroatoms. The third kappa shape index (κ3) is 8.58. The van der Waals surface area contributed by atoms with Gasteiger partial charge in [0.2, 0.25) is 0 Å². The number of carboxylic acid groups (broad SMARTS) is 1. The molecule has 5 nitrogen and oxygen atoms in total. The summed E-state index contributed by atoms with van der Waals surface area (Å²) < 4.78 is 0. The number of rotatable bonds is 4. The van der Waals surface area contributed by atoms with E-state index in [0.717, 1.165) is 6.21 Å². The minimum absolute atomic E-state index is 0. The van der Waals surface area contributed by atoms with Gasteiger partial charge in [0.1, 0.15) is 6.04 Å². The largest absolute Gasteiger partial charge is 1.00 e. The van der Waals surface area contributed by atoms with Crippen LogP contribution in [0.4, 0.5) is 0 Å². The van der Waals surface area contributed by atoms with Gasteiger partial charge in [-0.25, -0.2) is 0 Å². The summed E-state index contributed by atoms with van der Waals surface area (Å²) in [6.07, 6.45) is -0.0322. The Labute approximate surface area is 169 Å². The van der Waals surface area contributed by atoms with Crippen LogP contribution in [0, 0.1) is 0 Å². The van der Waals surface area contributed by atoms with E-state index in [4.69, 9.17) is 5.11 Å². The number of aliphatic carboxylic acids is 1. The quantitative estimate of drug-likeness (QED) is 0.348. The van der Waals surface area contributed by atoms with Gasteiger partial charge in [-0.15, -0.1) is 5.75 Å². The Bertz CT molecular complexity index is 417. The van der Waals surface area contributed by atoms with E-state index in [2.05, 4.69) is 14.4 Å². The maximum atomic E-state index is 11.3. The number of carboxylic acids is 1. The summed E-state index contributed by atoms with van der Waals surface area (Å²) in [4.78, 5) is 14.2. The molecule has 19 heavy (non-hydrogen) atoms. The molecule has 102 valence electrons. The Morgan fingerprint density at radius 2 is 2.00 bits per heavy atom. The van der Waals surface area contributed by atoms with E-state index >= 15 is 0 Å². The number of aliphatic hydroxyl groups is 1. The summed E-state index contributed by atoms with van der Waals surface area (Å²) in [6.45, 7) is 1.29. The van der Waals surface area contributed by atoms with Gasteiger partial charge in [0.05, 0.1) is 12.1 Å². The smallest absolute Gasteiger partial charge is 1.00 e. The molecular weight excluding hydrogens is 480 g/mol. The normalized spacial score (nSPS) is 12.9. The molecular formula is C11H11ClKNO4Pt. The van der Waals surface area contributed by atoms with Crippen molar-refractivity contribution in [2.24, 2.45) is 4.99 Å². The van der Waals surface area contributed by atoms with Gasteiger partial charge in [-0.1, -0.05) is 24.3 Å². The standard InChI is InChI=1S/C11H13NO4.ClH.K.Pt/c1-7(13)10(11(15)16)12-6-8-4-2-3-5-9(8)14;;;/h2-7,10,13-14H,1H3,(H,15,16);1H;;/q;;+1;+2/p-3/t7-,10+;;;/m1.../s1. The Morgan fingerprint density at radius 1 is 1.47 bits per heavy atom. The summed E-state index contributed by atoms with van der Waals surface area (Å²) in [7, 11) is 4.61. The number of halogens is 1. The van der Waals surface area contributed by atoms with Crippen molar-refractivity contribution >= 4 is 21.6 Å². The average Bonchev–Trinajstić information content (AvgIpc) is 2.33. The van der Waals surface area contributed by atoms with Crippen molar-refractivity contribution in [2.45, 2.75) is 19.1 Å². The van der Waals surface area contributed by atoms with Gasteiger partial charge in [0.25, 0.3) is 0 Å². The molecule has 0 aromatic heterocycles. The molecule has 1 aromatic rings. The SMILES string of the molecule is C[C@@H](O)[C@H](N=Cc1ccccc1[O-])C(=O)[O-].[Cl][Pt+].[K+]. The molecule has 0 amide bonds.